The Kier molecular flexibility index (Phi) is 4.83. The van der Waals surface area contributed by atoms with Gasteiger partial charge in [-0.3, -0.25) is 9.40 Å². The number of nitrogens with zero attached hydrogens (tertiary/aromatic N) is 2. The zero-order chi connectivity index (χ0) is 18.0. The van der Waals surface area contributed by atoms with Crippen LogP contribution in [0.25, 0.3) is 0 Å². The minimum Gasteiger partial charge on any atom is -0.276 e. The molecule has 3 rings (SSSR count). The molecule has 0 atom stereocenters. The van der Waals surface area contributed by atoms with Gasteiger partial charge in [0.05, 0.1) is 23.3 Å². The van der Waals surface area contributed by atoms with E-state index in [-0.39, 0.29) is 4.90 Å². The van der Waals surface area contributed by atoms with E-state index in [4.69, 9.17) is 11.6 Å². The van der Waals surface area contributed by atoms with Crippen molar-refractivity contribution in [1.29, 1.82) is 0 Å². The highest BCUT2D eigenvalue weighted by molar-refractivity contribution is 7.92. The second-order valence-electron chi connectivity index (χ2n) is 5.93. The van der Waals surface area contributed by atoms with Crippen molar-refractivity contribution in [2.24, 2.45) is 0 Å². The van der Waals surface area contributed by atoms with Crippen LogP contribution in [0.5, 0.6) is 0 Å². The number of anilines is 1. The molecule has 0 saturated heterocycles. The molecular weight excluding hydrogens is 358 g/mol. The lowest BCUT2D eigenvalue weighted by Gasteiger charge is -2.09. The predicted molar refractivity (Wildman–Crippen MR) is 99.5 cm³/mol. The first-order valence-corrected chi connectivity index (χ1v) is 9.56. The Bertz CT molecular complexity index is 1010. The normalized spacial score (nSPS) is 11.5. The van der Waals surface area contributed by atoms with Crippen molar-refractivity contribution in [3.8, 4) is 0 Å². The van der Waals surface area contributed by atoms with Crippen LogP contribution in [-0.4, -0.2) is 18.2 Å². The third kappa shape index (κ3) is 4.21. The van der Waals surface area contributed by atoms with Crippen molar-refractivity contribution in [2.75, 3.05) is 4.72 Å². The molecule has 25 heavy (non-hydrogen) atoms. The Morgan fingerprint density at radius 1 is 1.16 bits per heavy atom. The molecule has 0 saturated carbocycles. The van der Waals surface area contributed by atoms with E-state index in [0.29, 0.717) is 22.8 Å². The highest BCUT2D eigenvalue weighted by atomic mass is 35.5. The Labute approximate surface area is 152 Å². The molecule has 7 heteroatoms. The summed E-state index contributed by atoms with van der Waals surface area (Å²) in [5.74, 6) is 0. The lowest BCUT2D eigenvalue weighted by Crippen LogP contribution is -2.14. The summed E-state index contributed by atoms with van der Waals surface area (Å²) < 4.78 is 29.5. The SMILES string of the molecule is Cc1ccc(C)c(S(=O)(=O)Nc2cnn(Cc3cccc(Cl)c3)c2)c1. The number of rotatable bonds is 5. The molecule has 0 aliphatic rings. The zero-order valence-electron chi connectivity index (χ0n) is 13.9. The predicted octanol–water partition coefficient (Wildman–Crippen LogP) is 4.00. The van der Waals surface area contributed by atoms with Gasteiger partial charge in [0.1, 0.15) is 0 Å². The molecule has 0 fully saturated rings. The van der Waals surface area contributed by atoms with E-state index in [1.165, 1.54) is 6.20 Å². The Balaban J connectivity index is 1.80. The van der Waals surface area contributed by atoms with Crippen molar-refractivity contribution in [3.05, 3.63) is 76.6 Å². The van der Waals surface area contributed by atoms with Crippen LogP contribution in [0, 0.1) is 13.8 Å². The second kappa shape index (κ2) is 6.90. The molecule has 1 heterocycles. The number of benzene rings is 2. The number of hydrogen-bond donors (Lipinski definition) is 1. The molecule has 0 aliphatic heterocycles. The maximum absolute atomic E-state index is 12.6. The molecule has 0 unspecified atom stereocenters. The van der Waals surface area contributed by atoms with Crippen LogP contribution in [0.15, 0.2) is 59.8 Å². The minimum atomic E-state index is -3.66. The van der Waals surface area contributed by atoms with E-state index in [2.05, 4.69) is 9.82 Å². The Morgan fingerprint density at radius 3 is 2.72 bits per heavy atom. The lowest BCUT2D eigenvalue weighted by atomic mass is 10.2. The largest absolute Gasteiger partial charge is 0.276 e. The smallest absolute Gasteiger partial charge is 0.262 e. The van der Waals surface area contributed by atoms with Gasteiger partial charge in [0, 0.05) is 11.2 Å². The van der Waals surface area contributed by atoms with Crippen LogP contribution in [-0.2, 0) is 16.6 Å². The van der Waals surface area contributed by atoms with Crippen LogP contribution in [0.3, 0.4) is 0 Å². The van der Waals surface area contributed by atoms with Crippen molar-refractivity contribution in [1.82, 2.24) is 9.78 Å². The van der Waals surface area contributed by atoms with Gasteiger partial charge in [-0.05, 0) is 48.7 Å². The number of sulfonamides is 1. The van der Waals surface area contributed by atoms with Crippen molar-refractivity contribution >= 4 is 27.3 Å². The van der Waals surface area contributed by atoms with Gasteiger partial charge in [0.2, 0.25) is 0 Å². The summed E-state index contributed by atoms with van der Waals surface area (Å²) in [7, 11) is -3.66. The van der Waals surface area contributed by atoms with Gasteiger partial charge < -0.3 is 0 Å². The number of nitrogens with one attached hydrogen (secondary N) is 1. The summed E-state index contributed by atoms with van der Waals surface area (Å²) in [5.41, 5.74) is 2.99. The van der Waals surface area contributed by atoms with E-state index in [1.807, 2.05) is 31.2 Å². The lowest BCUT2D eigenvalue weighted by molar-refractivity contribution is 0.600. The monoisotopic (exact) mass is 375 g/mol. The Morgan fingerprint density at radius 2 is 1.96 bits per heavy atom. The van der Waals surface area contributed by atoms with Gasteiger partial charge in [-0.1, -0.05) is 35.9 Å². The van der Waals surface area contributed by atoms with Crippen LogP contribution in [0.1, 0.15) is 16.7 Å². The van der Waals surface area contributed by atoms with Crippen LogP contribution in [0.2, 0.25) is 5.02 Å². The summed E-state index contributed by atoms with van der Waals surface area (Å²) in [6.45, 7) is 4.14. The molecular formula is C18H18ClN3O2S. The van der Waals surface area contributed by atoms with Gasteiger partial charge >= 0.3 is 0 Å². The van der Waals surface area contributed by atoms with Crippen LogP contribution in [0.4, 0.5) is 5.69 Å². The van der Waals surface area contributed by atoms with E-state index in [1.54, 1.807) is 36.0 Å². The first-order valence-electron chi connectivity index (χ1n) is 7.70. The maximum Gasteiger partial charge on any atom is 0.262 e. The average molecular weight is 376 g/mol. The van der Waals surface area contributed by atoms with Gasteiger partial charge in [0.25, 0.3) is 10.0 Å². The molecule has 130 valence electrons. The number of halogens is 1. The van der Waals surface area contributed by atoms with Gasteiger partial charge in [-0.25, -0.2) is 8.42 Å². The van der Waals surface area contributed by atoms with Gasteiger partial charge in [-0.2, -0.15) is 5.10 Å². The zero-order valence-corrected chi connectivity index (χ0v) is 15.5. The fraction of sp³-hybridized carbons (Fsp3) is 0.167. The van der Waals surface area contributed by atoms with E-state index >= 15 is 0 Å². The summed E-state index contributed by atoms with van der Waals surface area (Å²) in [4.78, 5) is 0.273. The topological polar surface area (TPSA) is 64.0 Å². The third-order valence-corrected chi connectivity index (χ3v) is 5.51. The van der Waals surface area contributed by atoms with E-state index in [9.17, 15) is 8.42 Å². The highest BCUT2D eigenvalue weighted by Gasteiger charge is 2.18. The molecule has 3 aromatic rings. The molecule has 0 spiro atoms. The number of aromatic nitrogens is 2. The second-order valence-corrected chi connectivity index (χ2v) is 8.02. The summed E-state index contributed by atoms with van der Waals surface area (Å²) >= 11 is 5.98. The molecule has 0 aliphatic carbocycles. The number of aryl methyl sites for hydroxylation is 2. The van der Waals surface area contributed by atoms with Crippen molar-refractivity contribution in [2.45, 2.75) is 25.3 Å². The summed E-state index contributed by atoms with van der Waals surface area (Å²) in [6.07, 6.45) is 3.15. The van der Waals surface area contributed by atoms with Crippen molar-refractivity contribution < 1.29 is 8.42 Å². The minimum absolute atomic E-state index is 0.273. The van der Waals surface area contributed by atoms with Crippen LogP contribution < -0.4 is 4.72 Å². The van der Waals surface area contributed by atoms with Crippen molar-refractivity contribution in [3.63, 3.8) is 0 Å². The van der Waals surface area contributed by atoms with Gasteiger partial charge in [0.15, 0.2) is 0 Å². The summed E-state index contributed by atoms with van der Waals surface area (Å²) in [6, 6.07) is 12.8. The standard InChI is InChI=1S/C18H18ClN3O2S/c1-13-6-7-14(2)18(8-13)25(23,24)21-17-10-20-22(12-17)11-15-4-3-5-16(19)9-15/h3-10,12,21H,11H2,1-2H3. The Hall–Kier alpha value is -2.31. The third-order valence-electron chi connectivity index (χ3n) is 3.75. The van der Waals surface area contributed by atoms with E-state index in [0.717, 1.165) is 11.1 Å². The fourth-order valence-corrected chi connectivity index (χ4v) is 4.10. The molecule has 2 aromatic carbocycles. The first-order chi connectivity index (χ1) is 11.8. The van der Waals surface area contributed by atoms with Crippen LogP contribution >= 0.6 is 11.6 Å². The number of hydrogen-bond acceptors (Lipinski definition) is 3. The molecule has 5 nitrogen and oxygen atoms in total. The molecule has 0 amide bonds. The first kappa shape index (κ1) is 17.5. The van der Waals surface area contributed by atoms with E-state index < -0.39 is 10.0 Å². The molecule has 1 aromatic heterocycles. The quantitative estimate of drug-likeness (QED) is 0.733. The average Bonchev–Trinajstić information content (AvgIpc) is 2.96. The maximum atomic E-state index is 12.6. The highest BCUT2D eigenvalue weighted by Crippen LogP contribution is 2.20. The summed E-state index contributed by atoms with van der Waals surface area (Å²) in [5, 5.41) is 4.86. The molecule has 0 bridgehead atoms. The molecule has 0 radical (unpaired) electrons. The fourth-order valence-electron chi connectivity index (χ4n) is 2.53. The molecule has 1 N–H and O–H groups in total. The van der Waals surface area contributed by atoms with Gasteiger partial charge in [-0.15, -0.1) is 0 Å².